The van der Waals surface area contributed by atoms with Gasteiger partial charge in [-0.2, -0.15) is 0 Å². The number of hydrogen-bond donors (Lipinski definition) is 0. The predicted octanol–water partition coefficient (Wildman–Crippen LogP) is 4.81. The van der Waals surface area contributed by atoms with Gasteiger partial charge in [-0.05, 0) is 66.4 Å². The Hall–Kier alpha value is -0.670. The van der Waals surface area contributed by atoms with Crippen LogP contribution in [0.25, 0.3) is 10.6 Å². The predicted molar refractivity (Wildman–Crippen MR) is 74.2 cm³/mol. The van der Waals surface area contributed by atoms with E-state index in [-0.39, 0.29) is 0 Å². The van der Waals surface area contributed by atoms with Gasteiger partial charge in [0.2, 0.25) is 0 Å². The fourth-order valence-electron chi connectivity index (χ4n) is 1.68. The van der Waals surface area contributed by atoms with Crippen molar-refractivity contribution in [1.82, 2.24) is 4.98 Å². The van der Waals surface area contributed by atoms with E-state index in [4.69, 9.17) is 0 Å². The van der Waals surface area contributed by atoms with Crippen LogP contribution in [0.15, 0.2) is 15.9 Å². The number of benzene rings is 1. The molecule has 2 rings (SSSR count). The van der Waals surface area contributed by atoms with Gasteiger partial charge in [0, 0.05) is 5.56 Å². The first-order valence-corrected chi connectivity index (χ1v) is 6.81. The number of hydrogen-bond acceptors (Lipinski definition) is 2. The van der Waals surface area contributed by atoms with Gasteiger partial charge in [-0.15, -0.1) is 11.3 Å². The molecule has 0 saturated heterocycles. The zero-order chi connectivity index (χ0) is 11.9. The summed E-state index contributed by atoms with van der Waals surface area (Å²) in [6, 6.07) is 4.46. The standard InChI is InChI=1S/C13H14BrNS/c1-7-5-9(3)11(6-8(7)2)13-15-10(4)12(14)16-13/h5-6H,1-4H3. The highest BCUT2D eigenvalue weighted by atomic mass is 79.9. The van der Waals surface area contributed by atoms with Crippen LogP contribution in [0.3, 0.4) is 0 Å². The molecule has 2 aromatic rings. The normalized spacial score (nSPS) is 10.8. The molecule has 1 nitrogen and oxygen atoms in total. The van der Waals surface area contributed by atoms with Gasteiger partial charge in [0.15, 0.2) is 0 Å². The summed E-state index contributed by atoms with van der Waals surface area (Å²) in [5.41, 5.74) is 6.28. The number of thiazole rings is 1. The number of nitrogens with zero attached hydrogens (tertiary/aromatic N) is 1. The first kappa shape index (κ1) is 11.8. The second-order valence-corrected chi connectivity index (χ2v) is 6.45. The van der Waals surface area contributed by atoms with Crippen LogP contribution in [-0.4, -0.2) is 4.98 Å². The molecule has 1 heterocycles. The molecule has 0 N–H and O–H groups in total. The Morgan fingerprint density at radius 2 is 1.62 bits per heavy atom. The molecule has 1 aromatic heterocycles. The third kappa shape index (κ3) is 2.06. The van der Waals surface area contributed by atoms with E-state index in [1.165, 1.54) is 22.3 Å². The Bertz CT molecular complexity index is 524. The largest absolute Gasteiger partial charge is 0.240 e. The summed E-state index contributed by atoms with van der Waals surface area (Å²) in [7, 11) is 0. The summed E-state index contributed by atoms with van der Waals surface area (Å²) in [5, 5.41) is 1.10. The molecule has 0 saturated carbocycles. The van der Waals surface area contributed by atoms with E-state index in [2.05, 4.69) is 53.8 Å². The Balaban J connectivity index is 2.60. The molecule has 0 bridgehead atoms. The lowest BCUT2D eigenvalue weighted by Crippen LogP contribution is -1.88. The fourth-order valence-corrected chi connectivity index (χ4v) is 3.11. The summed E-state index contributed by atoms with van der Waals surface area (Å²) in [5.74, 6) is 0. The van der Waals surface area contributed by atoms with Gasteiger partial charge in [0.1, 0.15) is 5.01 Å². The van der Waals surface area contributed by atoms with Crippen molar-refractivity contribution in [3.8, 4) is 10.6 Å². The summed E-state index contributed by atoms with van der Waals surface area (Å²) < 4.78 is 1.13. The van der Waals surface area contributed by atoms with Gasteiger partial charge in [-0.3, -0.25) is 0 Å². The maximum Gasteiger partial charge on any atom is 0.124 e. The van der Waals surface area contributed by atoms with E-state index in [0.29, 0.717) is 0 Å². The van der Waals surface area contributed by atoms with Crippen molar-refractivity contribution in [1.29, 1.82) is 0 Å². The second-order valence-electron chi connectivity index (χ2n) is 4.13. The van der Waals surface area contributed by atoms with Crippen LogP contribution in [0.5, 0.6) is 0 Å². The molecule has 0 aliphatic rings. The first-order valence-electron chi connectivity index (χ1n) is 5.20. The molecule has 0 aliphatic heterocycles. The van der Waals surface area contributed by atoms with Gasteiger partial charge in [-0.25, -0.2) is 4.98 Å². The van der Waals surface area contributed by atoms with E-state index >= 15 is 0 Å². The van der Waals surface area contributed by atoms with Crippen molar-refractivity contribution < 1.29 is 0 Å². The smallest absolute Gasteiger partial charge is 0.124 e. The molecule has 1 aromatic carbocycles. The summed E-state index contributed by atoms with van der Waals surface area (Å²) >= 11 is 5.23. The van der Waals surface area contributed by atoms with E-state index in [0.717, 1.165) is 14.5 Å². The zero-order valence-corrected chi connectivity index (χ0v) is 12.3. The van der Waals surface area contributed by atoms with Gasteiger partial charge in [0.05, 0.1) is 9.48 Å². The van der Waals surface area contributed by atoms with Crippen LogP contribution >= 0.6 is 27.3 Å². The molecule has 0 atom stereocenters. The highest BCUT2D eigenvalue weighted by Gasteiger charge is 2.10. The summed E-state index contributed by atoms with van der Waals surface area (Å²) in [6.45, 7) is 8.47. The molecule has 0 unspecified atom stereocenters. The number of aromatic nitrogens is 1. The quantitative estimate of drug-likeness (QED) is 0.736. The lowest BCUT2D eigenvalue weighted by Gasteiger charge is -2.07. The molecule has 0 aliphatic carbocycles. The van der Waals surface area contributed by atoms with Crippen molar-refractivity contribution in [2.24, 2.45) is 0 Å². The fraction of sp³-hybridized carbons (Fsp3) is 0.308. The number of rotatable bonds is 1. The summed E-state index contributed by atoms with van der Waals surface area (Å²) in [6.07, 6.45) is 0. The molecule has 0 fully saturated rings. The van der Waals surface area contributed by atoms with Crippen molar-refractivity contribution >= 4 is 27.3 Å². The van der Waals surface area contributed by atoms with Gasteiger partial charge in [0.25, 0.3) is 0 Å². The molecule has 0 radical (unpaired) electrons. The Labute approximate surface area is 109 Å². The van der Waals surface area contributed by atoms with Crippen LogP contribution in [0.1, 0.15) is 22.4 Å². The highest BCUT2D eigenvalue weighted by molar-refractivity contribution is 9.11. The third-order valence-corrected chi connectivity index (χ3v) is 4.85. The maximum atomic E-state index is 4.58. The van der Waals surface area contributed by atoms with Crippen LogP contribution < -0.4 is 0 Å². The van der Waals surface area contributed by atoms with E-state index in [9.17, 15) is 0 Å². The van der Waals surface area contributed by atoms with E-state index < -0.39 is 0 Å². The Kier molecular flexibility index (Phi) is 3.17. The molecule has 0 amide bonds. The van der Waals surface area contributed by atoms with Crippen LogP contribution in [0.4, 0.5) is 0 Å². The topological polar surface area (TPSA) is 12.9 Å². The molecule has 84 valence electrons. The van der Waals surface area contributed by atoms with Crippen LogP contribution in [0.2, 0.25) is 0 Å². The highest BCUT2D eigenvalue weighted by Crippen LogP contribution is 2.34. The first-order chi connectivity index (χ1) is 7.49. The molecular formula is C13H14BrNS. The van der Waals surface area contributed by atoms with E-state index in [1.54, 1.807) is 11.3 Å². The SMILES string of the molecule is Cc1cc(C)c(-c2nc(C)c(Br)s2)cc1C. The second kappa shape index (κ2) is 4.30. The maximum absolute atomic E-state index is 4.58. The van der Waals surface area contributed by atoms with Gasteiger partial charge in [-0.1, -0.05) is 6.07 Å². The average molecular weight is 296 g/mol. The molecular weight excluding hydrogens is 282 g/mol. The van der Waals surface area contributed by atoms with Crippen molar-refractivity contribution in [3.05, 3.63) is 38.3 Å². The molecule has 16 heavy (non-hydrogen) atoms. The average Bonchev–Trinajstić information content (AvgIpc) is 2.53. The van der Waals surface area contributed by atoms with Crippen molar-refractivity contribution in [3.63, 3.8) is 0 Å². The number of aryl methyl sites for hydroxylation is 4. The third-order valence-electron chi connectivity index (χ3n) is 2.81. The van der Waals surface area contributed by atoms with Crippen LogP contribution in [0, 0.1) is 27.7 Å². The van der Waals surface area contributed by atoms with Gasteiger partial charge < -0.3 is 0 Å². The minimum Gasteiger partial charge on any atom is -0.240 e. The molecule has 3 heteroatoms. The lowest BCUT2D eigenvalue weighted by atomic mass is 10.0. The Morgan fingerprint density at radius 1 is 1.00 bits per heavy atom. The van der Waals surface area contributed by atoms with Crippen molar-refractivity contribution in [2.45, 2.75) is 27.7 Å². The van der Waals surface area contributed by atoms with Crippen molar-refractivity contribution in [2.75, 3.05) is 0 Å². The lowest BCUT2D eigenvalue weighted by molar-refractivity contribution is 1.24. The minimum atomic E-state index is 1.07. The zero-order valence-electron chi connectivity index (χ0n) is 9.89. The molecule has 0 spiro atoms. The minimum absolute atomic E-state index is 1.07. The van der Waals surface area contributed by atoms with Gasteiger partial charge >= 0.3 is 0 Å². The Morgan fingerprint density at radius 3 is 2.19 bits per heavy atom. The summed E-state index contributed by atoms with van der Waals surface area (Å²) in [4.78, 5) is 4.58. The van der Waals surface area contributed by atoms with E-state index in [1.807, 2.05) is 6.92 Å². The monoisotopic (exact) mass is 295 g/mol. The number of halogens is 1. The van der Waals surface area contributed by atoms with Crippen LogP contribution in [-0.2, 0) is 0 Å².